The molecule has 0 spiro atoms. The van der Waals surface area contributed by atoms with Gasteiger partial charge in [-0.1, -0.05) is 20.8 Å². The van der Waals surface area contributed by atoms with Gasteiger partial charge in [0.15, 0.2) is 5.13 Å². The maximum atomic E-state index is 11.8. The van der Waals surface area contributed by atoms with E-state index in [4.69, 9.17) is 0 Å². The average Bonchev–Trinajstić information content (AvgIpc) is 2.75. The Morgan fingerprint density at radius 1 is 1.23 bits per heavy atom. The first kappa shape index (κ1) is 23.4. The topological polar surface area (TPSA) is 83.1 Å². The number of rotatable bonds is 6. The molecule has 0 bridgehead atoms. The van der Waals surface area contributed by atoms with Crippen molar-refractivity contribution >= 4 is 53.1 Å². The number of carbonyl (C=O) groups excluding carboxylic acids is 2. The average molecular weight is 371 g/mol. The summed E-state index contributed by atoms with van der Waals surface area (Å²) in [5.41, 5.74) is 0.206. The van der Waals surface area contributed by atoms with E-state index >= 15 is 0 Å². The van der Waals surface area contributed by atoms with Crippen molar-refractivity contribution in [2.45, 2.75) is 27.2 Å². The number of amides is 2. The van der Waals surface area contributed by atoms with Gasteiger partial charge in [-0.05, 0) is 7.05 Å². The molecule has 0 aliphatic rings. The molecule has 1 aromatic rings. The molecular weight excluding hydrogens is 347 g/mol. The van der Waals surface area contributed by atoms with Crippen LogP contribution in [-0.2, 0) is 16.0 Å². The van der Waals surface area contributed by atoms with E-state index in [1.54, 1.807) is 5.38 Å². The summed E-state index contributed by atoms with van der Waals surface area (Å²) in [5.74, 6) is -0.156. The second kappa shape index (κ2) is 10.8. The summed E-state index contributed by atoms with van der Waals surface area (Å²) in [7, 11) is 1.83. The fourth-order valence-corrected chi connectivity index (χ4v) is 1.99. The summed E-state index contributed by atoms with van der Waals surface area (Å²) in [6.45, 7) is 6.84. The van der Waals surface area contributed by atoms with Crippen LogP contribution in [0.1, 0.15) is 26.5 Å². The zero-order chi connectivity index (χ0) is 15.2. The van der Waals surface area contributed by atoms with E-state index in [1.807, 2.05) is 27.8 Å². The highest BCUT2D eigenvalue weighted by Crippen LogP contribution is 2.20. The molecule has 128 valence electrons. The molecule has 2 amide bonds. The summed E-state index contributed by atoms with van der Waals surface area (Å²) >= 11 is 1.33. The third-order valence-corrected chi connectivity index (χ3v) is 3.30. The van der Waals surface area contributed by atoms with E-state index in [1.165, 1.54) is 11.3 Å². The van der Waals surface area contributed by atoms with Gasteiger partial charge in [0.1, 0.15) is 0 Å². The predicted octanol–water partition coefficient (Wildman–Crippen LogP) is 1.85. The molecule has 0 atom stereocenters. The lowest BCUT2D eigenvalue weighted by Gasteiger charge is -2.15. The zero-order valence-corrected chi connectivity index (χ0v) is 15.6. The second-order valence-electron chi connectivity index (χ2n) is 5.48. The quantitative estimate of drug-likeness (QED) is 0.667. The molecule has 22 heavy (non-hydrogen) atoms. The van der Waals surface area contributed by atoms with Crippen LogP contribution < -0.4 is 16.0 Å². The van der Waals surface area contributed by atoms with Gasteiger partial charge in [-0.2, -0.15) is 0 Å². The van der Waals surface area contributed by atoms with Crippen LogP contribution >= 0.6 is 36.2 Å². The van der Waals surface area contributed by atoms with E-state index in [0.717, 1.165) is 6.54 Å². The van der Waals surface area contributed by atoms with Crippen LogP contribution in [0.5, 0.6) is 0 Å². The molecule has 0 saturated carbocycles. The molecule has 1 rings (SSSR count). The summed E-state index contributed by atoms with van der Waals surface area (Å²) in [5, 5.41) is 10.8. The van der Waals surface area contributed by atoms with Crippen molar-refractivity contribution in [2.24, 2.45) is 5.41 Å². The van der Waals surface area contributed by atoms with Crippen molar-refractivity contribution < 1.29 is 9.59 Å². The number of hydrogen-bond donors (Lipinski definition) is 3. The van der Waals surface area contributed by atoms with E-state index in [-0.39, 0.29) is 43.0 Å². The highest BCUT2D eigenvalue weighted by Gasteiger charge is 2.22. The Balaban J connectivity index is 0. The minimum absolute atomic E-state index is 0. The number of anilines is 1. The first-order valence-corrected chi connectivity index (χ1v) is 7.38. The van der Waals surface area contributed by atoms with Crippen molar-refractivity contribution in [3.8, 4) is 0 Å². The van der Waals surface area contributed by atoms with Crippen LogP contribution in [0, 0.1) is 5.41 Å². The summed E-state index contributed by atoms with van der Waals surface area (Å²) in [4.78, 5) is 27.7. The van der Waals surface area contributed by atoms with E-state index in [0.29, 0.717) is 17.4 Å². The van der Waals surface area contributed by atoms with Crippen LogP contribution in [0.25, 0.3) is 0 Å². The Kier molecular flexibility index (Phi) is 11.4. The van der Waals surface area contributed by atoms with Gasteiger partial charge in [-0.3, -0.25) is 9.59 Å². The summed E-state index contributed by atoms with van der Waals surface area (Å²) in [6.07, 6.45) is 0.228. The Labute approximate surface area is 147 Å². The number of thiazole rings is 1. The van der Waals surface area contributed by atoms with Crippen molar-refractivity contribution in [3.63, 3.8) is 0 Å². The summed E-state index contributed by atoms with van der Waals surface area (Å²) in [6, 6.07) is 0. The Morgan fingerprint density at radius 2 is 1.86 bits per heavy atom. The lowest BCUT2D eigenvalue weighted by Crippen LogP contribution is -2.31. The van der Waals surface area contributed by atoms with Gasteiger partial charge in [-0.25, -0.2) is 4.98 Å². The van der Waals surface area contributed by atoms with Crippen molar-refractivity contribution in [2.75, 3.05) is 25.5 Å². The van der Waals surface area contributed by atoms with E-state index < -0.39 is 5.41 Å². The smallest absolute Gasteiger partial charge is 0.231 e. The van der Waals surface area contributed by atoms with Gasteiger partial charge in [0.05, 0.1) is 12.1 Å². The van der Waals surface area contributed by atoms with Gasteiger partial charge in [0, 0.05) is 23.9 Å². The lowest BCUT2D eigenvalue weighted by molar-refractivity contribution is -0.123. The SMILES string of the molecule is CNCCNC(=O)Cc1csc(NC(=O)C(C)(C)C)n1.Cl.Cl. The lowest BCUT2D eigenvalue weighted by atomic mass is 9.96. The molecule has 9 heteroatoms. The van der Waals surface area contributed by atoms with Crippen LogP contribution in [0.4, 0.5) is 5.13 Å². The second-order valence-corrected chi connectivity index (χ2v) is 6.34. The van der Waals surface area contributed by atoms with Crippen molar-refractivity contribution in [1.82, 2.24) is 15.6 Å². The fourth-order valence-electron chi connectivity index (χ4n) is 1.28. The van der Waals surface area contributed by atoms with Gasteiger partial charge < -0.3 is 16.0 Å². The van der Waals surface area contributed by atoms with Crippen molar-refractivity contribution in [3.05, 3.63) is 11.1 Å². The highest BCUT2D eigenvalue weighted by atomic mass is 35.5. The first-order chi connectivity index (χ1) is 9.32. The van der Waals surface area contributed by atoms with Gasteiger partial charge in [-0.15, -0.1) is 36.2 Å². The number of halogens is 2. The van der Waals surface area contributed by atoms with Crippen LogP contribution in [-0.4, -0.2) is 36.9 Å². The number of carbonyl (C=O) groups is 2. The molecule has 1 aromatic heterocycles. The number of likely N-dealkylation sites (N-methyl/N-ethyl adjacent to an activating group) is 1. The molecule has 1 heterocycles. The molecule has 0 radical (unpaired) electrons. The highest BCUT2D eigenvalue weighted by molar-refractivity contribution is 7.13. The third kappa shape index (κ3) is 8.53. The normalized spacial score (nSPS) is 10.2. The van der Waals surface area contributed by atoms with Crippen LogP contribution in [0.2, 0.25) is 0 Å². The molecule has 0 aliphatic heterocycles. The largest absolute Gasteiger partial charge is 0.354 e. The maximum Gasteiger partial charge on any atom is 0.231 e. The van der Waals surface area contributed by atoms with E-state index in [9.17, 15) is 9.59 Å². The number of hydrogen-bond acceptors (Lipinski definition) is 5. The number of aromatic nitrogens is 1. The van der Waals surface area contributed by atoms with E-state index in [2.05, 4.69) is 20.9 Å². The predicted molar refractivity (Wildman–Crippen MR) is 95.3 cm³/mol. The van der Waals surface area contributed by atoms with Crippen LogP contribution in [0.15, 0.2) is 5.38 Å². The monoisotopic (exact) mass is 370 g/mol. The molecule has 0 saturated heterocycles. The summed E-state index contributed by atoms with van der Waals surface area (Å²) < 4.78 is 0. The zero-order valence-electron chi connectivity index (χ0n) is 13.2. The van der Waals surface area contributed by atoms with Gasteiger partial charge >= 0.3 is 0 Å². The molecule has 3 N–H and O–H groups in total. The van der Waals surface area contributed by atoms with Crippen molar-refractivity contribution in [1.29, 1.82) is 0 Å². The molecule has 0 aliphatic carbocycles. The minimum Gasteiger partial charge on any atom is -0.354 e. The molecule has 0 unspecified atom stereocenters. The van der Waals surface area contributed by atoms with Gasteiger partial charge in [0.25, 0.3) is 0 Å². The van der Waals surface area contributed by atoms with Crippen LogP contribution in [0.3, 0.4) is 0 Å². The minimum atomic E-state index is -0.462. The molecular formula is C13H24Cl2N4O2S. The molecule has 6 nitrogen and oxygen atoms in total. The number of nitrogens with one attached hydrogen (secondary N) is 3. The first-order valence-electron chi connectivity index (χ1n) is 6.50. The fraction of sp³-hybridized carbons (Fsp3) is 0.615. The Hall–Kier alpha value is -0.890. The standard InChI is InChI=1S/C13H22N4O2S.2ClH/c1-13(2,3)11(19)17-12-16-9(8-20-12)7-10(18)15-6-5-14-4;;/h8,14H,5-7H2,1-4H3,(H,15,18)(H,16,17,19);2*1H. The number of nitrogens with zero attached hydrogens (tertiary/aromatic N) is 1. The Morgan fingerprint density at radius 3 is 2.41 bits per heavy atom. The molecule has 0 fully saturated rings. The maximum absolute atomic E-state index is 11.8. The molecule has 0 aromatic carbocycles. The third-order valence-electron chi connectivity index (χ3n) is 2.49. The van der Waals surface area contributed by atoms with Gasteiger partial charge in [0.2, 0.25) is 11.8 Å². The Bertz CT molecular complexity index is 475.